The van der Waals surface area contributed by atoms with Crippen molar-refractivity contribution >= 4 is 28.5 Å². The van der Waals surface area contributed by atoms with E-state index in [9.17, 15) is 9.59 Å². The van der Waals surface area contributed by atoms with E-state index in [0.717, 1.165) is 37.9 Å². The Morgan fingerprint density at radius 3 is 2.60 bits per heavy atom. The maximum absolute atomic E-state index is 12.4. The molecule has 2 heterocycles. The number of benzene rings is 1. The van der Waals surface area contributed by atoms with Crippen molar-refractivity contribution in [2.45, 2.75) is 45.3 Å². The number of hydrogen-bond donors (Lipinski definition) is 1. The molecule has 2 aromatic rings. The van der Waals surface area contributed by atoms with Crippen molar-refractivity contribution in [3.8, 4) is 5.75 Å². The Balaban J connectivity index is 1.52. The fourth-order valence-electron chi connectivity index (χ4n) is 3.55. The summed E-state index contributed by atoms with van der Waals surface area (Å²) in [5.41, 5.74) is -0.620. The van der Waals surface area contributed by atoms with Crippen LogP contribution in [0.25, 0.3) is 10.8 Å². The molecule has 1 saturated heterocycles. The Morgan fingerprint density at radius 1 is 1.23 bits per heavy atom. The van der Waals surface area contributed by atoms with Gasteiger partial charge in [-0.3, -0.25) is 4.79 Å². The molecule has 0 spiro atoms. The zero-order valence-corrected chi connectivity index (χ0v) is 18.8. The number of halogens is 1. The van der Waals surface area contributed by atoms with Crippen molar-refractivity contribution in [2.24, 2.45) is 7.05 Å². The van der Waals surface area contributed by atoms with Gasteiger partial charge in [0.2, 0.25) is 0 Å². The largest absolute Gasteiger partial charge is 0.490 e. The molecule has 3 rings (SSSR count). The summed E-state index contributed by atoms with van der Waals surface area (Å²) in [7, 11) is 1.71. The molecule has 0 aliphatic carbocycles. The lowest BCUT2D eigenvalue weighted by Crippen LogP contribution is -2.43. The van der Waals surface area contributed by atoms with E-state index in [2.05, 4.69) is 10.2 Å². The number of alkyl carbamates (subject to hydrolysis) is 1. The van der Waals surface area contributed by atoms with Gasteiger partial charge in [-0.2, -0.15) is 0 Å². The molecular formula is C22H30ClN3O4. The number of piperidine rings is 1. The molecule has 0 radical (unpaired) electrons. The van der Waals surface area contributed by atoms with Crippen LogP contribution in [0.5, 0.6) is 5.75 Å². The van der Waals surface area contributed by atoms with Crippen LogP contribution < -0.4 is 15.6 Å². The van der Waals surface area contributed by atoms with Crippen molar-refractivity contribution in [3.05, 3.63) is 39.8 Å². The highest BCUT2D eigenvalue weighted by molar-refractivity contribution is 6.35. The van der Waals surface area contributed by atoms with Crippen molar-refractivity contribution < 1.29 is 14.3 Å². The lowest BCUT2D eigenvalue weighted by Gasteiger charge is -2.32. The standard InChI is InChI=1S/C22H30ClN3O4/c1-22(2,3)30-21(28)24-10-14-26-12-7-15(8-13-26)29-18-6-5-17(23)19-16(18)9-11-25(4)20(19)27/h5-6,9,11,15H,7-8,10,12-14H2,1-4H3,(H,24,28). The second-order valence-electron chi connectivity index (χ2n) is 8.65. The SMILES string of the molecule is Cn1ccc2c(OC3CCN(CCNC(=O)OC(C)(C)C)CC3)ccc(Cl)c2c1=O. The van der Waals surface area contributed by atoms with Gasteiger partial charge in [0.25, 0.3) is 5.56 Å². The Kier molecular flexibility index (Phi) is 6.93. The number of rotatable bonds is 5. The lowest BCUT2D eigenvalue weighted by atomic mass is 10.1. The molecule has 164 valence electrons. The number of likely N-dealkylation sites (tertiary alicyclic amines) is 1. The number of nitrogens with one attached hydrogen (secondary N) is 1. The normalized spacial score (nSPS) is 15.9. The van der Waals surface area contributed by atoms with Crippen molar-refractivity contribution in [1.82, 2.24) is 14.8 Å². The third-order valence-corrected chi connectivity index (χ3v) is 5.39. The van der Waals surface area contributed by atoms with Crippen LogP contribution >= 0.6 is 11.6 Å². The molecule has 30 heavy (non-hydrogen) atoms. The van der Waals surface area contributed by atoms with E-state index in [-0.39, 0.29) is 17.8 Å². The summed E-state index contributed by atoms with van der Waals surface area (Å²) in [5.74, 6) is 0.692. The van der Waals surface area contributed by atoms with Gasteiger partial charge in [0.15, 0.2) is 0 Å². The first kappa shape index (κ1) is 22.4. The smallest absolute Gasteiger partial charge is 0.407 e. The van der Waals surface area contributed by atoms with Crippen LogP contribution in [-0.2, 0) is 11.8 Å². The van der Waals surface area contributed by atoms with Crippen LogP contribution in [0.4, 0.5) is 4.79 Å². The molecule has 8 heteroatoms. The molecule has 0 unspecified atom stereocenters. The second kappa shape index (κ2) is 9.27. The average Bonchev–Trinajstić information content (AvgIpc) is 2.66. The summed E-state index contributed by atoms with van der Waals surface area (Å²) in [6.07, 6.45) is 3.17. The van der Waals surface area contributed by atoms with Gasteiger partial charge in [0, 0.05) is 44.8 Å². The number of ether oxygens (including phenoxy) is 2. The number of nitrogens with zero attached hydrogens (tertiary/aromatic N) is 2. The summed E-state index contributed by atoms with van der Waals surface area (Å²) in [6, 6.07) is 5.43. The van der Waals surface area contributed by atoms with Crippen LogP contribution in [-0.4, -0.2) is 53.4 Å². The highest BCUT2D eigenvalue weighted by Crippen LogP contribution is 2.31. The fourth-order valence-corrected chi connectivity index (χ4v) is 3.80. The highest BCUT2D eigenvalue weighted by Gasteiger charge is 2.22. The highest BCUT2D eigenvalue weighted by atomic mass is 35.5. The van der Waals surface area contributed by atoms with Gasteiger partial charge in [0.1, 0.15) is 17.5 Å². The number of hydrogen-bond acceptors (Lipinski definition) is 5. The molecule has 1 N–H and O–H groups in total. The van der Waals surface area contributed by atoms with E-state index in [0.29, 0.717) is 22.7 Å². The number of fused-ring (bicyclic) bond motifs is 1. The van der Waals surface area contributed by atoms with Crippen molar-refractivity contribution in [3.63, 3.8) is 0 Å². The summed E-state index contributed by atoms with van der Waals surface area (Å²) in [5, 5.41) is 4.47. The molecule has 1 aromatic heterocycles. The Bertz CT molecular complexity index is 959. The van der Waals surface area contributed by atoms with E-state index >= 15 is 0 Å². The Hall–Kier alpha value is -2.25. The second-order valence-corrected chi connectivity index (χ2v) is 9.06. The van der Waals surface area contributed by atoms with Crippen LogP contribution in [0.3, 0.4) is 0 Å². The van der Waals surface area contributed by atoms with E-state index in [1.807, 2.05) is 32.9 Å². The predicted octanol–water partition coefficient (Wildman–Crippen LogP) is 3.56. The Morgan fingerprint density at radius 2 is 1.93 bits per heavy atom. The van der Waals surface area contributed by atoms with Gasteiger partial charge in [-0.1, -0.05) is 11.6 Å². The average molecular weight is 436 g/mol. The molecule has 0 saturated carbocycles. The summed E-state index contributed by atoms with van der Waals surface area (Å²) in [6.45, 7) is 8.62. The number of aryl methyl sites for hydroxylation is 1. The zero-order valence-electron chi connectivity index (χ0n) is 18.0. The lowest BCUT2D eigenvalue weighted by molar-refractivity contribution is 0.0512. The summed E-state index contributed by atoms with van der Waals surface area (Å²) in [4.78, 5) is 26.5. The maximum atomic E-state index is 12.4. The van der Waals surface area contributed by atoms with Crippen LogP contribution in [0.1, 0.15) is 33.6 Å². The van der Waals surface area contributed by atoms with Gasteiger partial charge < -0.3 is 24.3 Å². The number of carbonyl (C=O) groups excluding carboxylic acids is 1. The van der Waals surface area contributed by atoms with E-state index in [4.69, 9.17) is 21.1 Å². The minimum atomic E-state index is -0.490. The topological polar surface area (TPSA) is 72.8 Å². The van der Waals surface area contributed by atoms with Gasteiger partial charge in [-0.05, 0) is 51.8 Å². The number of aromatic nitrogens is 1. The van der Waals surface area contributed by atoms with Gasteiger partial charge >= 0.3 is 6.09 Å². The first-order valence-corrected chi connectivity index (χ1v) is 10.7. The third-order valence-electron chi connectivity index (χ3n) is 5.08. The first-order chi connectivity index (χ1) is 14.1. The van der Waals surface area contributed by atoms with E-state index < -0.39 is 5.60 Å². The quantitative estimate of drug-likeness (QED) is 0.777. The van der Waals surface area contributed by atoms with Gasteiger partial charge in [-0.15, -0.1) is 0 Å². The maximum Gasteiger partial charge on any atom is 0.407 e. The fraction of sp³-hybridized carbons (Fsp3) is 0.545. The summed E-state index contributed by atoms with van der Waals surface area (Å²) >= 11 is 6.26. The van der Waals surface area contributed by atoms with Crippen molar-refractivity contribution in [2.75, 3.05) is 26.2 Å². The van der Waals surface area contributed by atoms with Gasteiger partial charge in [0.05, 0.1) is 10.4 Å². The molecule has 0 bridgehead atoms. The molecule has 1 aliphatic heterocycles. The van der Waals surface area contributed by atoms with Crippen molar-refractivity contribution in [1.29, 1.82) is 0 Å². The summed E-state index contributed by atoms with van der Waals surface area (Å²) < 4.78 is 13.0. The van der Waals surface area contributed by atoms with Crippen LogP contribution in [0.15, 0.2) is 29.2 Å². The molecule has 1 aromatic carbocycles. The first-order valence-electron chi connectivity index (χ1n) is 10.3. The van der Waals surface area contributed by atoms with Crippen LogP contribution in [0.2, 0.25) is 5.02 Å². The van der Waals surface area contributed by atoms with E-state index in [1.54, 1.807) is 19.3 Å². The van der Waals surface area contributed by atoms with E-state index in [1.165, 1.54) is 4.57 Å². The third kappa shape index (κ3) is 5.67. The molecule has 7 nitrogen and oxygen atoms in total. The zero-order chi connectivity index (χ0) is 21.9. The monoisotopic (exact) mass is 435 g/mol. The van der Waals surface area contributed by atoms with Crippen LogP contribution in [0, 0.1) is 0 Å². The predicted molar refractivity (Wildman–Crippen MR) is 119 cm³/mol. The molecule has 1 fully saturated rings. The molecule has 1 aliphatic rings. The Labute approximate surface area is 181 Å². The number of pyridine rings is 1. The molecular weight excluding hydrogens is 406 g/mol. The van der Waals surface area contributed by atoms with Gasteiger partial charge in [-0.25, -0.2) is 4.79 Å². The minimum Gasteiger partial charge on any atom is -0.490 e. The number of carbonyl (C=O) groups is 1. The molecule has 0 atom stereocenters. The number of amides is 1. The minimum absolute atomic E-state index is 0.0773. The molecule has 1 amide bonds.